The van der Waals surface area contributed by atoms with Gasteiger partial charge in [-0.3, -0.25) is 4.79 Å². The summed E-state index contributed by atoms with van der Waals surface area (Å²) in [7, 11) is 5.19. The molecule has 1 amide bonds. The van der Waals surface area contributed by atoms with Crippen LogP contribution in [-0.4, -0.2) is 63.2 Å². The Hall–Kier alpha value is -3.75. The molecule has 1 fully saturated rings. The molecule has 4 aromatic rings. The lowest BCUT2D eigenvalue weighted by Gasteiger charge is -2.45. The standard InChI is InChI=1S/C23H25N7O2/c1-23(21(31)30(2)3)10-15(11-23)26-22-27-19-18(20(28-22)32-4)16(12-24-19)13-5-6-17-14(9-13)7-8-25-29-17/h5-9,12,15H,10-11H2,1-4H3,(H2,24,26,27,28)/t15-,23-. The van der Waals surface area contributed by atoms with Crippen LogP contribution in [0.15, 0.2) is 36.7 Å². The number of hydrogen-bond acceptors (Lipinski definition) is 7. The fraction of sp³-hybridized carbons (Fsp3) is 0.348. The Morgan fingerprint density at radius 2 is 2.06 bits per heavy atom. The van der Waals surface area contributed by atoms with Crippen LogP contribution in [0.25, 0.3) is 33.1 Å². The smallest absolute Gasteiger partial charge is 0.228 e. The van der Waals surface area contributed by atoms with Crippen LogP contribution in [0.4, 0.5) is 5.95 Å². The topological polar surface area (TPSA) is 109 Å². The first-order chi connectivity index (χ1) is 15.4. The first-order valence-electron chi connectivity index (χ1n) is 10.5. The molecule has 32 heavy (non-hydrogen) atoms. The molecule has 3 aromatic heterocycles. The lowest BCUT2D eigenvalue weighted by molar-refractivity contribution is -0.143. The number of fused-ring (bicyclic) bond motifs is 2. The van der Waals surface area contributed by atoms with Crippen molar-refractivity contribution < 1.29 is 9.53 Å². The van der Waals surface area contributed by atoms with E-state index in [0.29, 0.717) is 17.5 Å². The van der Waals surface area contributed by atoms with Crippen LogP contribution in [0.5, 0.6) is 5.88 Å². The van der Waals surface area contributed by atoms with Crippen molar-refractivity contribution in [3.05, 3.63) is 36.7 Å². The highest BCUT2D eigenvalue weighted by Gasteiger charge is 2.47. The third kappa shape index (κ3) is 3.30. The van der Waals surface area contributed by atoms with Crippen molar-refractivity contribution in [1.29, 1.82) is 0 Å². The van der Waals surface area contributed by atoms with Gasteiger partial charge >= 0.3 is 0 Å². The molecular weight excluding hydrogens is 406 g/mol. The number of rotatable bonds is 5. The molecule has 0 saturated heterocycles. The number of ether oxygens (including phenoxy) is 1. The second kappa shape index (κ2) is 7.44. The maximum Gasteiger partial charge on any atom is 0.228 e. The summed E-state index contributed by atoms with van der Waals surface area (Å²) in [5, 5.41) is 13.3. The van der Waals surface area contributed by atoms with Gasteiger partial charge < -0.3 is 19.9 Å². The number of H-pyrrole nitrogens is 1. The third-order valence-corrected chi connectivity index (χ3v) is 6.17. The number of benzene rings is 1. The molecular formula is C23H25N7O2. The molecule has 0 radical (unpaired) electrons. The van der Waals surface area contributed by atoms with E-state index in [1.807, 2.05) is 31.3 Å². The Kier molecular flexibility index (Phi) is 4.69. The van der Waals surface area contributed by atoms with Gasteiger partial charge in [0, 0.05) is 37.3 Å². The highest BCUT2D eigenvalue weighted by atomic mass is 16.5. The molecule has 9 nitrogen and oxygen atoms in total. The van der Waals surface area contributed by atoms with Crippen molar-refractivity contribution in [1.82, 2.24) is 30.0 Å². The zero-order valence-electron chi connectivity index (χ0n) is 18.5. The zero-order chi connectivity index (χ0) is 22.5. The fourth-order valence-electron chi connectivity index (χ4n) is 4.62. The van der Waals surface area contributed by atoms with Gasteiger partial charge in [0.15, 0.2) is 0 Å². The van der Waals surface area contributed by atoms with Crippen molar-refractivity contribution in [2.45, 2.75) is 25.8 Å². The Morgan fingerprint density at radius 1 is 1.25 bits per heavy atom. The van der Waals surface area contributed by atoms with Crippen LogP contribution < -0.4 is 10.1 Å². The van der Waals surface area contributed by atoms with Crippen molar-refractivity contribution in [2.24, 2.45) is 5.41 Å². The second-order valence-electron chi connectivity index (χ2n) is 8.80. The van der Waals surface area contributed by atoms with Gasteiger partial charge in [0.25, 0.3) is 0 Å². The predicted molar refractivity (Wildman–Crippen MR) is 122 cm³/mol. The van der Waals surface area contributed by atoms with Gasteiger partial charge in [0.05, 0.1) is 29.6 Å². The lowest BCUT2D eigenvalue weighted by Crippen LogP contribution is -2.52. The summed E-state index contributed by atoms with van der Waals surface area (Å²) < 4.78 is 5.63. The molecule has 1 saturated carbocycles. The molecule has 1 aliphatic rings. The van der Waals surface area contributed by atoms with E-state index in [2.05, 4.69) is 36.5 Å². The molecule has 0 unspecified atom stereocenters. The average molecular weight is 432 g/mol. The summed E-state index contributed by atoms with van der Waals surface area (Å²) in [5.74, 6) is 1.13. The molecule has 0 spiro atoms. The van der Waals surface area contributed by atoms with E-state index in [9.17, 15) is 4.79 Å². The highest BCUT2D eigenvalue weighted by Crippen LogP contribution is 2.43. The van der Waals surface area contributed by atoms with Crippen LogP contribution in [0.1, 0.15) is 19.8 Å². The number of nitrogens with zero attached hydrogens (tertiary/aromatic N) is 5. The molecule has 0 atom stereocenters. The lowest BCUT2D eigenvalue weighted by atomic mass is 9.66. The van der Waals surface area contributed by atoms with E-state index in [4.69, 9.17) is 4.74 Å². The van der Waals surface area contributed by atoms with E-state index in [0.717, 1.165) is 40.3 Å². The average Bonchev–Trinajstić information content (AvgIpc) is 3.20. The van der Waals surface area contributed by atoms with Crippen molar-refractivity contribution in [3.63, 3.8) is 0 Å². The monoisotopic (exact) mass is 431 g/mol. The molecule has 164 valence electrons. The number of aromatic nitrogens is 5. The summed E-state index contributed by atoms with van der Waals surface area (Å²) in [4.78, 5) is 26.6. The fourth-order valence-corrected chi connectivity index (χ4v) is 4.62. The Balaban J connectivity index is 1.44. The highest BCUT2D eigenvalue weighted by molar-refractivity contribution is 5.99. The van der Waals surface area contributed by atoms with Crippen molar-refractivity contribution in [3.8, 4) is 17.0 Å². The normalized spacial score (nSPS) is 20.2. The largest absolute Gasteiger partial charge is 0.480 e. The number of methoxy groups -OCH3 is 1. The van der Waals surface area contributed by atoms with Crippen LogP contribution in [0.2, 0.25) is 0 Å². The molecule has 5 rings (SSSR count). The minimum absolute atomic E-state index is 0.141. The number of aromatic amines is 1. The molecule has 9 heteroatoms. The van der Waals surface area contributed by atoms with Crippen molar-refractivity contribution in [2.75, 3.05) is 26.5 Å². The van der Waals surface area contributed by atoms with Gasteiger partial charge in [-0.15, -0.1) is 0 Å². The Bertz CT molecular complexity index is 1320. The Labute approximate surface area is 185 Å². The van der Waals surface area contributed by atoms with Gasteiger partial charge in [0.1, 0.15) is 5.65 Å². The molecule has 1 aromatic carbocycles. The van der Waals surface area contributed by atoms with E-state index in [1.54, 1.807) is 32.3 Å². The van der Waals surface area contributed by atoms with Gasteiger partial charge in [-0.05, 0) is 36.6 Å². The quantitative estimate of drug-likeness (QED) is 0.499. The van der Waals surface area contributed by atoms with Crippen LogP contribution in [-0.2, 0) is 4.79 Å². The first-order valence-corrected chi connectivity index (χ1v) is 10.5. The number of nitrogens with one attached hydrogen (secondary N) is 2. The van der Waals surface area contributed by atoms with E-state index in [1.165, 1.54) is 0 Å². The summed E-state index contributed by atoms with van der Waals surface area (Å²) in [6, 6.07) is 8.09. The molecule has 2 N–H and O–H groups in total. The third-order valence-electron chi connectivity index (χ3n) is 6.17. The summed E-state index contributed by atoms with van der Waals surface area (Å²) >= 11 is 0. The zero-order valence-corrected chi connectivity index (χ0v) is 18.5. The molecule has 3 heterocycles. The minimum Gasteiger partial charge on any atom is -0.480 e. The summed E-state index contributed by atoms with van der Waals surface area (Å²) in [6.07, 6.45) is 5.07. The second-order valence-corrected chi connectivity index (χ2v) is 8.80. The summed E-state index contributed by atoms with van der Waals surface area (Å²) in [6.45, 7) is 2.00. The maximum absolute atomic E-state index is 12.4. The van der Waals surface area contributed by atoms with Crippen molar-refractivity contribution >= 4 is 33.8 Å². The van der Waals surface area contributed by atoms with E-state index < -0.39 is 0 Å². The predicted octanol–water partition coefficient (Wildman–Crippen LogP) is 3.25. The van der Waals surface area contributed by atoms with E-state index >= 15 is 0 Å². The van der Waals surface area contributed by atoms with Gasteiger partial charge in [0.2, 0.25) is 17.7 Å². The number of hydrogen-bond donors (Lipinski definition) is 2. The summed E-state index contributed by atoms with van der Waals surface area (Å²) in [5.41, 5.74) is 3.15. The minimum atomic E-state index is -0.338. The molecule has 0 aliphatic heterocycles. The SMILES string of the molecule is COc1nc(N[C@H]2C[C@](C)(C(=O)N(C)C)C2)nc2[nH]cc(-c3ccc4nnccc4c3)c12. The Morgan fingerprint density at radius 3 is 2.81 bits per heavy atom. The number of carbonyl (C=O) groups is 1. The molecule has 1 aliphatic carbocycles. The van der Waals surface area contributed by atoms with Crippen LogP contribution >= 0.6 is 0 Å². The number of anilines is 1. The van der Waals surface area contributed by atoms with Gasteiger partial charge in [-0.1, -0.05) is 13.0 Å². The first kappa shape index (κ1) is 20.2. The number of carbonyl (C=O) groups excluding carboxylic acids is 1. The van der Waals surface area contributed by atoms with Gasteiger partial charge in [-0.25, -0.2) is 0 Å². The van der Waals surface area contributed by atoms with Crippen LogP contribution in [0.3, 0.4) is 0 Å². The van der Waals surface area contributed by atoms with Crippen LogP contribution in [0, 0.1) is 5.41 Å². The van der Waals surface area contributed by atoms with E-state index in [-0.39, 0.29) is 17.4 Å². The molecule has 0 bridgehead atoms. The number of amides is 1. The maximum atomic E-state index is 12.4. The van der Waals surface area contributed by atoms with Gasteiger partial charge in [-0.2, -0.15) is 20.2 Å².